The van der Waals surface area contributed by atoms with Gasteiger partial charge in [0.1, 0.15) is 0 Å². The normalized spacial score (nSPS) is 10.7. The number of H-pyrrole nitrogens is 1. The van der Waals surface area contributed by atoms with Gasteiger partial charge >= 0.3 is 35.5 Å². The van der Waals surface area contributed by atoms with Crippen molar-refractivity contribution in [3.8, 4) is 0 Å². The number of aromatic carboxylic acids is 2. The number of carbonyl (C=O) groups excluding carboxylic acids is 2. The smallest absolute Gasteiger partial charge is 0.543 e. The van der Waals surface area contributed by atoms with Crippen molar-refractivity contribution in [3.05, 3.63) is 69.3 Å². The Kier molecular flexibility index (Phi) is 7.51. The van der Waals surface area contributed by atoms with Crippen LogP contribution in [0.1, 0.15) is 26.4 Å². The molecule has 3 rings (SSSR count). The molecule has 0 aliphatic heterocycles. The van der Waals surface area contributed by atoms with E-state index in [2.05, 4.69) is 10.3 Å². The second-order valence-electron chi connectivity index (χ2n) is 5.72. The summed E-state index contributed by atoms with van der Waals surface area (Å²) in [6.45, 7) is 0. The van der Waals surface area contributed by atoms with Crippen molar-refractivity contribution >= 4 is 63.7 Å². The van der Waals surface area contributed by atoms with Crippen LogP contribution >= 0.6 is 23.2 Å². The summed E-state index contributed by atoms with van der Waals surface area (Å²) in [5.41, 5.74) is 0.783. The standard InChI is InChI=1S/C19H12Cl2N2O5.Na/c20-10-7-13(21)16-12(17(19(27)28)23-14(16)8-10)5-6-15(24)22-11-3-1-9(2-4-11)18(25)26;/h1-8,23H,(H,22,24)(H,25,26)(H,27,28);/q;+1/p-1/b6-5+;. The Morgan fingerprint density at radius 3 is 2.34 bits per heavy atom. The Morgan fingerprint density at radius 1 is 1.10 bits per heavy atom. The van der Waals surface area contributed by atoms with Crippen LogP contribution in [0.3, 0.4) is 0 Å². The molecule has 142 valence electrons. The fraction of sp³-hybridized carbons (Fsp3) is 0. The third-order valence-corrected chi connectivity index (χ3v) is 4.37. The number of carbonyl (C=O) groups is 3. The van der Waals surface area contributed by atoms with Crippen LogP contribution in [0.15, 0.2) is 42.5 Å². The summed E-state index contributed by atoms with van der Waals surface area (Å²) in [5, 5.41) is 23.8. The van der Waals surface area contributed by atoms with Gasteiger partial charge in [-0.05, 0) is 42.5 Å². The summed E-state index contributed by atoms with van der Waals surface area (Å²) >= 11 is 12.1. The van der Waals surface area contributed by atoms with Gasteiger partial charge in [0.2, 0.25) is 5.91 Å². The van der Waals surface area contributed by atoms with Crippen molar-refractivity contribution in [2.24, 2.45) is 0 Å². The molecule has 0 aliphatic rings. The molecule has 0 saturated carbocycles. The van der Waals surface area contributed by atoms with Crippen molar-refractivity contribution in [1.82, 2.24) is 4.98 Å². The Morgan fingerprint density at radius 2 is 1.76 bits per heavy atom. The Balaban J connectivity index is 0.00000300. The number of carboxylic acids is 2. The average molecular weight is 441 g/mol. The van der Waals surface area contributed by atoms with E-state index in [1.165, 1.54) is 42.5 Å². The molecule has 3 aromatic rings. The maximum absolute atomic E-state index is 12.1. The summed E-state index contributed by atoms with van der Waals surface area (Å²) in [6, 6.07) is 8.53. The number of hydrogen-bond acceptors (Lipinski definition) is 4. The Bertz CT molecular complexity index is 1140. The van der Waals surface area contributed by atoms with E-state index in [-0.39, 0.29) is 51.4 Å². The number of aromatic amines is 1. The number of halogens is 2. The number of fused-ring (bicyclic) bond motifs is 1. The van der Waals surface area contributed by atoms with Gasteiger partial charge in [-0.15, -0.1) is 0 Å². The maximum atomic E-state index is 12.1. The van der Waals surface area contributed by atoms with E-state index in [0.29, 0.717) is 21.6 Å². The van der Waals surface area contributed by atoms with Crippen LogP contribution in [0.25, 0.3) is 17.0 Å². The van der Waals surface area contributed by atoms with E-state index in [1.54, 1.807) is 0 Å². The summed E-state index contributed by atoms with van der Waals surface area (Å²) in [5.74, 6) is -3.09. The van der Waals surface area contributed by atoms with Gasteiger partial charge in [0.25, 0.3) is 0 Å². The zero-order valence-electron chi connectivity index (χ0n) is 15.0. The van der Waals surface area contributed by atoms with E-state index in [4.69, 9.17) is 28.3 Å². The summed E-state index contributed by atoms with van der Waals surface area (Å²) in [6.07, 6.45) is 2.43. The fourth-order valence-corrected chi connectivity index (χ4v) is 3.23. The van der Waals surface area contributed by atoms with Crippen LogP contribution < -0.4 is 40.0 Å². The predicted molar refractivity (Wildman–Crippen MR) is 104 cm³/mol. The fourth-order valence-electron chi connectivity index (χ4n) is 2.64. The molecule has 7 nitrogen and oxygen atoms in total. The number of rotatable bonds is 5. The molecule has 1 amide bonds. The molecule has 2 aromatic carbocycles. The van der Waals surface area contributed by atoms with Gasteiger partial charge in [-0.3, -0.25) is 4.79 Å². The third-order valence-electron chi connectivity index (χ3n) is 3.86. The van der Waals surface area contributed by atoms with Crippen molar-refractivity contribution in [2.45, 2.75) is 0 Å². The molecule has 3 N–H and O–H groups in total. The molecule has 29 heavy (non-hydrogen) atoms. The molecule has 1 aromatic heterocycles. The molecule has 0 saturated heterocycles. The van der Waals surface area contributed by atoms with Gasteiger partial charge in [-0.2, -0.15) is 0 Å². The van der Waals surface area contributed by atoms with Gasteiger partial charge < -0.3 is 25.3 Å². The molecule has 0 spiro atoms. The third kappa shape index (κ3) is 5.20. The van der Waals surface area contributed by atoms with Gasteiger partial charge in [0.15, 0.2) is 0 Å². The number of aromatic nitrogens is 1. The molecule has 0 atom stereocenters. The first-order valence-corrected chi connectivity index (χ1v) is 8.56. The Hall–Kier alpha value is -2.29. The second kappa shape index (κ2) is 9.47. The van der Waals surface area contributed by atoms with Gasteiger partial charge in [-0.1, -0.05) is 23.2 Å². The van der Waals surface area contributed by atoms with Gasteiger partial charge in [-0.25, -0.2) is 4.79 Å². The van der Waals surface area contributed by atoms with Crippen LogP contribution in [0.2, 0.25) is 10.0 Å². The molecule has 0 aliphatic carbocycles. The van der Waals surface area contributed by atoms with Crippen molar-refractivity contribution in [3.63, 3.8) is 0 Å². The van der Waals surface area contributed by atoms with Crippen molar-refractivity contribution in [2.75, 3.05) is 5.32 Å². The summed E-state index contributed by atoms with van der Waals surface area (Å²) in [4.78, 5) is 37.1. The van der Waals surface area contributed by atoms with E-state index in [1.807, 2.05) is 0 Å². The molecule has 0 bridgehead atoms. The largest absolute Gasteiger partial charge is 1.00 e. The van der Waals surface area contributed by atoms with Crippen LogP contribution in [0, 0.1) is 0 Å². The number of benzene rings is 2. The molecule has 0 unspecified atom stereocenters. The minimum atomic E-state index is -1.47. The minimum Gasteiger partial charge on any atom is -0.543 e. The van der Waals surface area contributed by atoms with Crippen molar-refractivity contribution in [1.29, 1.82) is 0 Å². The first-order chi connectivity index (χ1) is 13.3. The molecule has 0 radical (unpaired) electrons. The molecular formula is C19H11Cl2N2NaO5. The number of amides is 1. The minimum absolute atomic E-state index is 0. The first-order valence-electron chi connectivity index (χ1n) is 7.80. The van der Waals surface area contributed by atoms with Crippen LogP contribution in [0.5, 0.6) is 0 Å². The zero-order valence-corrected chi connectivity index (χ0v) is 18.5. The second-order valence-corrected chi connectivity index (χ2v) is 6.56. The SMILES string of the molecule is O=C(/C=C/c1c(C(=O)[O-])[nH]c2cc(Cl)cc(Cl)c12)Nc1ccc(C(=O)O)cc1.[Na+]. The summed E-state index contributed by atoms with van der Waals surface area (Å²) < 4.78 is 0. The van der Waals surface area contributed by atoms with E-state index in [0.717, 1.165) is 6.08 Å². The number of carboxylic acid groups (broad SMARTS) is 2. The molecule has 10 heteroatoms. The van der Waals surface area contributed by atoms with E-state index in [9.17, 15) is 19.5 Å². The first kappa shape index (κ1) is 23.0. The van der Waals surface area contributed by atoms with Crippen LogP contribution in [0.4, 0.5) is 5.69 Å². The average Bonchev–Trinajstić information content (AvgIpc) is 2.99. The van der Waals surface area contributed by atoms with Crippen LogP contribution in [-0.4, -0.2) is 27.9 Å². The quantitative estimate of drug-likeness (QED) is 0.386. The van der Waals surface area contributed by atoms with E-state index >= 15 is 0 Å². The molecule has 1 heterocycles. The van der Waals surface area contributed by atoms with Gasteiger partial charge in [0, 0.05) is 33.3 Å². The predicted octanol–water partition coefficient (Wildman–Crippen LogP) is 0.192. The Labute approximate surface area is 196 Å². The number of anilines is 1. The monoisotopic (exact) mass is 440 g/mol. The van der Waals surface area contributed by atoms with Gasteiger partial charge in [0.05, 0.1) is 22.2 Å². The zero-order chi connectivity index (χ0) is 20.4. The number of hydrogen-bond donors (Lipinski definition) is 3. The molecule has 0 fully saturated rings. The van der Waals surface area contributed by atoms with E-state index < -0.39 is 17.8 Å². The van der Waals surface area contributed by atoms with Crippen LogP contribution in [-0.2, 0) is 4.79 Å². The number of nitrogens with one attached hydrogen (secondary N) is 2. The molecular weight excluding hydrogens is 430 g/mol. The summed E-state index contributed by atoms with van der Waals surface area (Å²) in [7, 11) is 0. The topological polar surface area (TPSA) is 122 Å². The maximum Gasteiger partial charge on any atom is 1.00 e. The van der Waals surface area contributed by atoms with Crippen molar-refractivity contribution < 1.29 is 54.2 Å².